The fraction of sp³-hybridized carbons (Fsp3) is 0.860. The van der Waals surface area contributed by atoms with Crippen LogP contribution in [0.5, 0.6) is 0 Å². The van der Waals surface area contributed by atoms with Crippen molar-refractivity contribution in [3.05, 3.63) is 36.5 Å². The Kier molecular flexibility index (Phi) is 41.1. The number of hydrogen-bond donors (Lipinski definition) is 2. The largest absolute Gasteiger partial charge is 0.756 e. The average Bonchev–Trinajstić information content (AvgIpc) is 3.19. The van der Waals surface area contributed by atoms with Gasteiger partial charge in [-0.1, -0.05) is 198 Å². The maximum absolute atomic E-state index is 12.9. The maximum Gasteiger partial charge on any atom is 0.268 e. The van der Waals surface area contributed by atoms with Crippen molar-refractivity contribution in [2.75, 3.05) is 40.9 Å². The fourth-order valence-corrected chi connectivity index (χ4v) is 7.83. The fourth-order valence-electron chi connectivity index (χ4n) is 7.10. The molecular weight excluding hydrogens is 756 g/mol. The van der Waals surface area contributed by atoms with Crippen LogP contribution in [0.15, 0.2) is 36.5 Å². The Hall–Kier alpha value is -1.28. The molecule has 59 heavy (non-hydrogen) atoms. The van der Waals surface area contributed by atoms with Gasteiger partial charge in [0.2, 0.25) is 5.91 Å². The van der Waals surface area contributed by atoms with Crippen molar-refractivity contribution in [1.29, 1.82) is 0 Å². The molecule has 0 aromatic carbocycles. The number of hydrogen-bond acceptors (Lipinski definition) is 6. The number of phosphoric acid groups is 1. The topological polar surface area (TPSA) is 108 Å². The molecule has 0 aliphatic rings. The van der Waals surface area contributed by atoms with Gasteiger partial charge in [0.1, 0.15) is 13.2 Å². The molecule has 1 amide bonds. The highest BCUT2D eigenvalue weighted by Gasteiger charge is 2.23. The van der Waals surface area contributed by atoms with Crippen LogP contribution >= 0.6 is 7.82 Å². The van der Waals surface area contributed by atoms with Crippen LogP contribution < -0.4 is 10.2 Å². The number of likely N-dealkylation sites (N-methyl/N-ethyl adjacent to an activating group) is 1. The molecule has 0 heterocycles. The van der Waals surface area contributed by atoms with Gasteiger partial charge in [-0.25, -0.2) is 0 Å². The first-order valence-electron chi connectivity index (χ1n) is 24.9. The SMILES string of the molecule is CCCCCCCCC/C=C/CC/C=C/C(O)C(COP(=O)([O-])OCC[N+](C)(C)C)NC(=O)CCCCCCCCCC/C=C\CCCCCCCCCCCCCC. The van der Waals surface area contributed by atoms with Crippen molar-refractivity contribution in [2.45, 2.75) is 238 Å². The highest BCUT2D eigenvalue weighted by molar-refractivity contribution is 7.45. The number of aliphatic hydroxyl groups is 1. The second-order valence-corrected chi connectivity index (χ2v) is 19.6. The zero-order valence-electron chi connectivity index (χ0n) is 39.5. The summed E-state index contributed by atoms with van der Waals surface area (Å²) in [6.45, 7) is 4.62. The van der Waals surface area contributed by atoms with Gasteiger partial charge < -0.3 is 28.8 Å². The van der Waals surface area contributed by atoms with E-state index in [0.29, 0.717) is 17.4 Å². The number of amides is 1. The average molecular weight is 853 g/mol. The van der Waals surface area contributed by atoms with Crippen molar-refractivity contribution in [2.24, 2.45) is 0 Å². The number of nitrogens with zero attached hydrogens (tertiary/aromatic N) is 1. The first kappa shape index (κ1) is 57.7. The molecule has 0 saturated carbocycles. The van der Waals surface area contributed by atoms with Crippen LogP contribution in [0, 0.1) is 0 Å². The number of unbranched alkanes of at least 4 members (excludes halogenated alkanes) is 28. The van der Waals surface area contributed by atoms with Crippen molar-refractivity contribution in [3.8, 4) is 0 Å². The van der Waals surface area contributed by atoms with E-state index in [1.165, 1.54) is 167 Å². The van der Waals surface area contributed by atoms with Gasteiger partial charge in [-0.2, -0.15) is 0 Å². The summed E-state index contributed by atoms with van der Waals surface area (Å²) in [7, 11) is 1.24. The standard InChI is InChI=1S/C50H97N2O6P/c1-6-8-10-12-14-16-18-20-21-22-23-24-25-26-27-28-29-30-32-34-36-38-40-42-44-50(54)51-48(47-58-59(55,56)57-46-45-52(3,4)5)49(53)43-41-39-37-35-33-31-19-17-15-13-11-9-7-2/h26-27,33,35,41,43,48-49,53H,6-25,28-32,34,36-40,42,44-47H2,1-5H3,(H-,51,54,55,56)/b27-26-,35-33+,43-41+. The number of rotatable bonds is 45. The zero-order chi connectivity index (χ0) is 43.6. The van der Waals surface area contributed by atoms with Crippen LogP contribution in [-0.2, 0) is 18.4 Å². The van der Waals surface area contributed by atoms with Gasteiger partial charge in [0.15, 0.2) is 0 Å². The summed E-state index contributed by atoms with van der Waals surface area (Å²) in [6.07, 6.45) is 52.1. The molecule has 0 aromatic heterocycles. The normalized spacial score (nSPS) is 14.5. The third-order valence-corrected chi connectivity index (χ3v) is 12.0. The summed E-state index contributed by atoms with van der Waals surface area (Å²) in [4.78, 5) is 25.3. The molecule has 348 valence electrons. The number of allylic oxidation sites excluding steroid dienone is 5. The number of aliphatic hydroxyl groups excluding tert-OH is 1. The predicted molar refractivity (Wildman–Crippen MR) is 251 cm³/mol. The molecule has 0 fully saturated rings. The lowest BCUT2D eigenvalue weighted by Gasteiger charge is -2.29. The molecule has 0 aliphatic heterocycles. The molecular formula is C50H97N2O6P. The van der Waals surface area contributed by atoms with Crippen LogP contribution in [0.25, 0.3) is 0 Å². The molecule has 0 rings (SSSR count). The minimum atomic E-state index is -4.60. The van der Waals surface area contributed by atoms with Gasteiger partial charge in [-0.05, 0) is 57.8 Å². The maximum atomic E-state index is 12.9. The van der Waals surface area contributed by atoms with E-state index in [1.54, 1.807) is 6.08 Å². The number of nitrogens with one attached hydrogen (secondary N) is 1. The number of phosphoric ester groups is 1. The van der Waals surface area contributed by atoms with E-state index >= 15 is 0 Å². The third kappa shape index (κ3) is 44.6. The Labute approximate surface area is 366 Å². The van der Waals surface area contributed by atoms with Crippen LogP contribution in [0.4, 0.5) is 0 Å². The highest BCUT2D eigenvalue weighted by Crippen LogP contribution is 2.38. The van der Waals surface area contributed by atoms with E-state index in [0.717, 1.165) is 38.5 Å². The number of carbonyl (C=O) groups is 1. The lowest BCUT2D eigenvalue weighted by molar-refractivity contribution is -0.870. The van der Waals surface area contributed by atoms with E-state index in [1.807, 2.05) is 27.2 Å². The third-order valence-electron chi connectivity index (χ3n) is 11.1. The van der Waals surface area contributed by atoms with Crippen molar-refractivity contribution < 1.29 is 32.9 Å². The minimum absolute atomic E-state index is 0.00680. The highest BCUT2D eigenvalue weighted by atomic mass is 31.2. The summed E-state index contributed by atoms with van der Waals surface area (Å²) < 4.78 is 23.2. The summed E-state index contributed by atoms with van der Waals surface area (Å²) in [6, 6.07) is -0.903. The molecule has 8 nitrogen and oxygen atoms in total. The lowest BCUT2D eigenvalue weighted by Crippen LogP contribution is -2.45. The second kappa shape index (κ2) is 42.0. The van der Waals surface area contributed by atoms with Crippen LogP contribution in [0.2, 0.25) is 0 Å². The first-order chi connectivity index (χ1) is 28.5. The summed E-state index contributed by atoms with van der Waals surface area (Å²) in [5.74, 6) is -0.210. The van der Waals surface area contributed by atoms with Gasteiger partial charge in [0, 0.05) is 6.42 Å². The smallest absolute Gasteiger partial charge is 0.268 e. The molecule has 3 atom stereocenters. The predicted octanol–water partition coefficient (Wildman–Crippen LogP) is 13.6. The van der Waals surface area contributed by atoms with E-state index in [2.05, 4.69) is 43.5 Å². The van der Waals surface area contributed by atoms with Crippen LogP contribution in [-0.4, -0.2) is 68.5 Å². The molecule has 3 unspecified atom stereocenters. The Bertz CT molecular complexity index is 1060. The van der Waals surface area contributed by atoms with Crippen LogP contribution in [0.3, 0.4) is 0 Å². The van der Waals surface area contributed by atoms with Crippen molar-refractivity contribution in [1.82, 2.24) is 5.32 Å². The Morgan fingerprint density at radius 2 is 0.949 bits per heavy atom. The number of carbonyl (C=O) groups excluding carboxylic acids is 1. The Morgan fingerprint density at radius 3 is 1.37 bits per heavy atom. The van der Waals surface area contributed by atoms with Gasteiger partial charge in [-0.15, -0.1) is 0 Å². The number of quaternary nitrogens is 1. The molecule has 0 aliphatic carbocycles. The zero-order valence-corrected chi connectivity index (χ0v) is 40.4. The molecule has 0 saturated heterocycles. The lowest BCUT2D eigenvalue weighted by atomic mass is 10.0. The molecule has 9 heteroatoms. The van der Waals surface area contributed by atoms with Gasteiger partial charge >= 0.3 is 0 Å². The van der Waals surface area contributed by atoms with E-state index in [4.69, 9.17) is 9.05 Å². The second-order valence-electron chi connectivity index (χ2n) is 18.2. The Balaban J connectivity index is 4.26. The molecule has 0 bridgehead atoms. The summed E-state index contributed by atoms with van der Waals surface area (Å²) >= 11 is 0. The monoisotopic (exact) mass is 853 g/mol. The van der Waals surface area contributed by atoms with E-state index < -0.39 is 26.6 Å². The molecule has 2 N–H and O–H groups in total. The Morgan fingerprint density at radius 1 is 0.576 bits per heavy atom. The summed E-state index contributed by atoms with van der Waals surface area (Å²) in [5, 5.41) is 13.8. The van der Waals surface area contributed by atoms with Crippen LogP contribution in [0.1, 0.15) is 226 Å². The molecule has 0 radical (unpaired) electrons. The van der Waals surface area contributed by atoms with Gasteiger partial charge in [-0.3, -0.25) is 9.36 Å². The van der Waals surface area contributed by atoms with Gasteiger partial charge in [0.05, 0.1) is 39.9 Å². The van der Waals surface area contributed by atoms with Gasteiger partial charge in [0.25, 0.3) is 7.82 Å². The molecule has 0 aromatic rings. The summed E-state index contributed by atoms with van der Waals surface area (Å²) in [5.41, 5.74) is 0. The minimum Gasteiger partial charge on any atom is -0.756 e. The molecule has 0 spiro atoms. The van der Waals surface area contributed by atoms with E-state index in [-0.39, 0.29) is 12.5 Å². The van der Waals surface area contributed by atoms with Crippen molar-refractivity contribution in [3.63, 3.8) is 0 Å². The first-order valence-corrected chi connectivity index (χ1v) is 26.3. The van der Waals surface area contributed by atoms with Crippen molar-refractivity contribution >= 4 is 13.7 Å². The van der Waals surface area contributed by atoms with E-state index in [9.17, 15) is 19.4 Å². The quantitative estimate of drug-likeness (QED) is 0.0273.